The number of nitrogens with zero attached hydrogens (tertiary/aromatic N) is 1. The number of morpholine rings is 1. The largest absolute Gasteiger partial charge is 0.490 e. The number of halogens is 1. The summed E-state index contributed by atoms with van der Waals surface area (Å²) >= 11 is 0. The molecule has 1 atom stereocenters. The highest BCUT2D eigenvalue weighted by atomic mass is 19.1. The van der Waals surface area contributed by atoms with Crippen molar-refractivity contribution in [3.63, 3.8) is 0 Å². The Kier molecular flexibility index (Phi) is 7.45. The highest BCUT2D eigenvalue weighted by Crippen LogP contribution is 2.24. The molecule has 0 aromatic heterocycles. The molecule has 1 saturated heterocycles. The summed E-state index contributed by atoms with van der Waals surface area (Å²) in [6.45, 7) is 10.2. The van der Waals surface area contributed by atoms with Crippen LogP contribution in [0, 0.1) is 5.82 Å². The highest BCUT2D eigenvalue weighted by molar-refractivity contribution is 5.89. The van der Waals surface area contributed by atoms with Crippen LogP contribution >= 0.6 is 0 Å². The number of ether oxygens (including phenoxy) is 3. The van der Waals surface area contributed by atoms with E-state index in [9.17, 15) is 9.18 Å². The molecule has 0 radical (unpaired) electrons. The Balaban J connectivity index is 1.64. The highest BCUT2D eigenvalue weighted by Gasteiger charge is 2.22. The Bertz CT molecular complexity index is 809. The van der Waals surface area contributed by atoms with Crippen LogP contribution in [-0.4, -0.2) is 56.4 Å². The summed E-state index contributed by atoms with van der Waals surface area (Å²) in [7, 11) is 0. The minimum absolute atomic E-state index is 0.0715. The quantitative estimate of drug-likeness (QED) is 0.639. The second-order valence-electron chi connectivity index (χ2n) is 8.53. The fraction of sp³-hybridized carbons (Fsp3) is 0.458. The lowest BCUT2D eigenvalue weighted by Gasteiger charge is -2.30. The SMILES string of the molecule is CC(C)(C)c1ccc(OCC(CN2CCOCC2)OC(=O)c2ccc(F)cc2)cc1. The molecule has 0 bridgehead atoms. The summed E-state index contributed by atoms with van der Waals surface area (Å²) in [5, 5.41) is 0. The van der Waals surface area contributed by atoms with Crippen LogP contribution in [0.15, 0.2) is 48.5 Å². The first-order valence-corrected chi connectivity index (χ1v) is 10.3. The van der Waals surface area contributed by atoms with Crippen molar-refractivity contribution in [2.24, 2.45) is 0 Å². The number of rotatable bonds is 7. The first kappa shape index (κ1) is 22.2. The van der Waals surface area contributed by atoms with Crippen LogP contribution in [0.4, 0.5) is 4.39 Å². The van der Waals surface area contributed by atoms with Gasteiger partial charge in [-0.2, -0.15) is 0 Å². The lowest BCUT2D eigenvalue weighted by atomic mass is 9.87. The van der Waals surface area contributed by atoms with Gasteiger partial charge in [0.15, 0.2) is 0 Å². The van der Waals surface area contributed by atoms with Gasteiger partial charge in [-0.05, 0) is 47.4 Å². The van der Waals surface area contributed by atoms with Crippen LogP contribution in [-0.2, 0) is 14.9 Å². The maximum atomic E-state index is 13.1. The fourth-order valence-electron chi connectivity index (χ4n) is 3.24. The maximum Gasteiger partial charge on any atom is 0.338 e. The van der Waals surface area contributed by atoms with Gasteiger partial charge < -0.3 is 14.2 Å². The number of benzene rings is 2. The van der Waals surface area contributed by atoms with Crippen molar-refractivity contribution in [3.05, 3.63) is 65.5 Å². The summed E-state index contributed by atoms with van der Waals surface area (Å²) in [5.41, 5.74) is 1.61. The van der Waals surface area contributed by atoms with Crippen molar-refractivity contribution in [3.8, 4) is 5.75 Å². The molecular formula is C24H30FNO4. The number of hydrogen-bond acceptors (Lipinski definition) is 5. The molecule has 1 fully saturated rings. The predicted molar refractivity (Wildman–Crippen MR) is 113 cm³/mol. The van der Waals surface area contributed by atoms with E-state index < -0.39 is 17.9 Å². The third-order valence-corrected chi connectivity index (χ3v) is 5.08. The third-order valence-electron chi connectivity index (χ3n) is 5.08. The number of hydrogen-bond donors (Lipinski definition) is 0. The van der Waals surface area contributed by atoms with Crippen LogP contribution in [0.1, 0.15) is 36.7 Å². The molecule has 5 nitrogen and oxygen atoms in total. The minimum atomic E-state index is -0.486. The molecule has 0 spiro atoms. The van der Waals surface area contributed by atoms with Crippen LogP contribution < -0.4 is 4.74 Å². The van der Waals surface area contributed by atoms with E-state index in [0.717, 1.165) is 18.8 Å². The van der Waals surface area contributed by atoms with Gasteiger partial charge in [-0.1, -0.05) is 32.9 Å². The zero-order valence-electron chi connectivity index (χ0n) is 17.9. The number of carbonyl (C=O) groups excluding carboxylic acids is 1. The molecule has 30 heavy (non-hydrogen) atoms. The molecular weight excluding hydrogens is 385 g/mol. The Morgan fingerprint density at radius 2 is 1.70 bits per heavy atom. The Hall–Kier alpha value is -2.44. The fourth-order valence-corrected chi connectivity index (χ4v) is 3.24. The van der Waals surface area contributed by atoms with Gasteiger partial charge in [-0.3, -0.25) is 4.90 Å². The van der Waals surface area contributed by atoms with E-state index in [0.29, 0.717) is 25.3 Å². The lowest BCUT2D eigenvalue weighted by Crippen LogP contribution is -2.44. The molecule has 0 amide bonds. The smallest absolute Gasteiger partial charge is 0.338 e. The van der Waals surface area contributed by atoms with Gasteiger partial charge in [0.1, 0.15) is 24.3 Å². The third kappa shape index (κ3) is 6.54. The van der Waals surface area contributed by atoms with Crippen LogP contribution in [0.2, 0.25) is 0 Å². The topological polar surface area (TPSA) is 48.0 Å². The summed E-state index contributed by atoms with van der Waals surface area (Å²) in [6.07, 6.45) is -0.456. The number of esters is 1. The molecule has 0 aliphatic carbocycles. The molecule has 2 aromatic rings. The van der Waals surface area contributed by atoms with Crippen molar-refractivity contribution < 1.29 is 23.4 Å². The zero-order valence-corrected chi connectivity index (χ0v) is 17.9. The predicted octanol–water partition coefficient (Wildman–Crippen LogP) is 4.06. The molecule has 6 heteroatoms. The number of carbonyl (C=O) groups is 1. The van der Waals surface area contributed by atoms with E-state index in [4.69, 9.17) is 14.2 Å². The molecule has 3 rings (SSSR count). The van der Waals surface area contributed by atoms with Crippen LogP contribution in [0.3, 0.4) is 0 Å². The van der Waals surface area contributed by atoms with Gasteiger partial charge in [0.05, 0.1) is 18.8 Å². The van der Waals surface area contributed by atoms with E-state index >= 15 is 0 Å². The van der Waals surface area contributed by atoms with Crippen molar-refractivity contribution in [2.75, 3.05) is 39.5 Å². The molecule has 2 aromatic carbocycles. The van der Waals surface area contributed by atoms with Gasteiger partial charge in [0.25, 0.3) is 0 Å². The van der Waals surface area contributed by atoms with E-state index in [-0.39, 0.29) is 12.0 Å². The lowest BCUT2D eigenvalue weighted by molar-refractivity contribution is -0.0153. The Morgan fingerprint density at radius 3 is 2.30 bits per heavy atom. The second-order valence-corrected chi connectivity index (χ2v) is 8.53. The first-order chi connectivity index (χ1) is 14.3. The van der Waals surface area contributed by atoms with E-state index in [1.165, 1.54) is 29.8 Å². The van der Waals surface area contributed by atoms with Gasteiger partial charge in [-0.25, -0.2) is 9.18 Å². The van der Waals surface area contributed by atoms with Crippen molar-refractivity contribution in [1.29, 1.82) is 0 Å². The average Bonchev–Trinajstić information content (AvgIpc) is 2.73. The molecule has 1 aliphatic rings. The summed E-state index contributed by atoms with van der Waals surface area (Å²) < 4.78 is 30.2. The average molecular weight is 416 g/mol. The zero-order chi connectivity index (χ0) is 21.6. The van der Waals surface area contributed by atoms with Gasteiger partial charge in [-0.15, -0.1) is 0 Å². The first-order valence-electron chi connectivity index (χ1n) is 10.3. The van der Waals surface area contributed by atoms with Crippen LogP contribution in [0.5, 0.6) is 5.75 Å². The molecule has 1 aliphatic heterocycles. The van der Waals surface area contributed by atoms with Crippen molar-refractivity contribution in [2.45, 2.75) is 32.3 Å². The summed E-state index contributed by atoms with van der Waals surface area (Å²) in [6, 6.07) is 13.3. The van der Waals surface area contributed by atoms with Crippen molar-refractivity contribution >= 4 is 5.97 Å². The molecule has 1 unspecified atom stereocenters. The molecule has 162 valence electrons. The maximum absolute atomic E-state index is 13.1. The van der Waals surface area contributed by atoms with Gasteiger partial charge in [0, 0.05) is 19.6 Å². The van der Waals surface area contributed by atoms with E-state index in [1.807, 2.05) is 12.1 Å². The standard InChI is InChI=1S/C24H30FNO4/c1-24(2,3)19-6-10-21(11-7-19)29-17-22(16-26-12-14-28-15-13-26)30-23(27)18-4-8-20(25)9-5-18/h4-11,22H,12-17H2,1-3H3. The Morgan fingerprint density at radius 1 is 1.07 bits per heavy atom. The van der Waals surface area contributed by atoms with Gasteiger partial charge in [0.2, 0.25) is 0 Å². The summed E-state index contributed by atoms with van der Waals surface area (Å²) in [5.74, 6) is -0.147. The minimum Gasteiger partial charge on any atom is -0.490 e. The second kappa shape index (κ2) is 10.0. The van der Waals surface area contributed by atoms with E-state index in [2.05, 4.69) is 37.8 Å². The normalized spacial score (nSPS) is 16.1. The van der Waals surface area contributed by atoms with E-state index in [1.54, 1.807) is 0 Å². The molecule has 1 heterocycles. The van der Waals surface area contributed by atoms with Gasteiger partial charge >= 0.3 is 5.97 Å². The summed E-state index contributed by atoms with van der Waals surface area (Å²) in [4.78, 5) is 14.7. The molecule has 0 N–H and O–H groups in total. The monoisotopic (exact) mass is 415 g/mol. The Labute approximate surface area is 177 Å². The van der Waals surface area contributed by atoms with Crippen LogP contribution in [0.25, 0.3) is 0 Å². The molecule has 0 saturated carbocycles. The van der Waals surface area contributed by atoms with Crippen molar-refractivity contribution in [1.82, 2.24) is 4.90 Å².